The fraction of sp³-hybridized carbons (Fsp3) is 0.200. The van der Waals surface area contributed by atoms with Crippen LogP contribution in [0.4, 0.5) is 11.4 Å². The molecular weight excluding hydrogens is 394 g/mol. The molecule has 0 aromatic heterocycles. The lowest BCUT2D eigenvalue weighted by Gasteiger charge is -2.08. The van der Waals surface area contributed by atoms with Gasteiger partial charge in [0, 0.05) is 0 Å². The zero-order chi connectivity index (χ0) is 21.1. The van der Waals surface area contributed by atoms with Crippen molar-refractivity contribution < 1.29 is 19.2 Å². The zero-order valence-electron chi connectivity index (χ0n) is 16.3. The van der Waals surface area contributed by atoms with Gasteiger partial charge in [-0.2, -0.15) is 0 Å². The van der Waals surface area contributed by atoms with Crippen LogP contribution in [-0.4, -0.2) is 30.2 Å². The molecule has 1 heterocycles. The molecule has 1 aliphatic rings. The molecule has 0 bridgehead atoms. The van der Waals surface area contributed by atoms with E-state index in [1.54, 1.807) is 0 Å². The van der Waals surface area contributed by atoms with E-state index in [4.69, 9.17) is 9.47 Å². The lowest BCUT2D eigenvalue weighted by molar-refractivity contribution is -0.385. The van der Waals surface area contributed by atoms with E-state index >= 15 is 0 Å². The van der Waals surface area contributed by atoms with E-state index in [1.165, 1.54) is 32.4 Å². The van der Waals surface area contributed by atoms with Gasteiger partial charge < -0.3 is 14.8 Å². The van der Waals surface area contributed by atoms with Crippen LogP contribution in [0.25, 0.3) is 6.08 Å². The number of nitro groups is 1. The smallest absolute Gasteiger partial charge is 0.280 e. The van der Waals surface area contributed by atoms with Crippen LogP contribution >= 0.6 is 11.8 Å². The minimum absolute atomic E-state index is 0.191. The number of aliphatic imine (C=N–C) groups is 1. The van der Waals surface area contributed by atoms with Crippen LogP contribution in [0.1, 0.15) is 16.7 Å². The predicted molar refractivity (Wildman–Crippen MR) is 113 cm³/mol. The minimum Gasteiger partial charge on any atom is -0.493 e. The van der Waals surface area contributed by atoms with Gasteiger partial charge in [-0.3, -0.25) is 14.9 Å². The summed E-state index contributed by atoms with van der Waals surface area (Å²) in [5.74, 6) is 0.197. The summed E-state index contributed by atoms with van der Waals surface area (Å²) in [6.07, 6.45) is 1.45. The molecule has 29 heavy (non-hydrogen) atoms. The molecule has 0 atom stereocenters. The maximum Gasteiger partial charge on any atom is 0.280 e. The van der Waals surface area contributed by atoms with Crippen LogP contribution < -0.4 is 14.8 Å². The van der Waals surface area contributed by atoms with Crippen molar-refractivity contribution in [3.63, 3.8) is 0 Å². The average molecular weight is 413 g/mol. The summed E-state index contributed by atoms with van der Waals surface area (Å²) in [6, 6.07) is 8.61. The monoisotopic (exact) mass is 413 g/mol. The molecule has 1 fully saturated rings. The van der Waals surface area contributed by atoms with Gasteiger partial charge in [-0.15, -0.1) is 0 Å². The summed E-state index contributed by atoms with van der Waals surface area (Å²) in [5.41, 5.74) is 2.83. The van der Waals surface area contributed by atoms with Gasteiger partial charge in [0.2, 0.25) is 0 Å². The number of amidine groups is 1. The quantitative estimate of drug-likeness (QED) is 0.449. The molecule has 8 nitrogen and oxygen atoms in total. The molecule has 0 unspecified atom stereocenters. The number of nitrogens with zero attached hydrogens (tertiary/aromatic N) is 2. The molecule has 0 aliphatic carbocycles. The number of carbonyl (C=O) groups is 1. The molecule has 9 heteroatoms. The van der Waals surface area contributed by atoms with Crippen molar-refractivity contribution in [1.29, 1.82) is 0 Å². The van der Waals surface area contributed by atoms with Crippen LogP contribution in [0.15, 0.2) is 40.2 Å². The first-order valence-electron chi connectivity index (χ1n) is 8.59. The van der Waals surface area contributed by atoms with E-state index in [-0.39, 0.29) is 22.9 Å². The van der Waals surface area contributed by atoms with Crippen LogP contribution in [0, 0.1) is 24.0 Å². The Balaban J connectivity index is 1.99. The third-order valence-electron chi connectivity index (χ3n) is 4.25. The highest BCUT2D eigenvalue weighted by Crippen LogP contribution is 2.37. The van der Waals surface area contributed by atoms with E-state index in [9.17, 15) is 14.9 Å². The van der Waals surface area contributed by atoms with Crippen LogP contribution in [0.2, 0.25) is 0 Å². The highest BCUT2D eigenvalue weighted by atomic mass is 32.2. The number of aryl methyl sites for hydroxylation is 2. The number of methoxy groups -OCH3 is 2. The van der Waals surface area contributed by atoms with Gasteiger partial charge in [0.05, 0.1) is 41.4 Å². The van der Waals surface area contributed by atoms with Gasteiger partial charge in [-0.1, -0.05) is 12.1 Å². The Morgan fingerprint density at radius 1 is 1.14 bits per heavy atom. The fourth-order valence-corrected chi connectivity index (χ4v) is 3.55. The number of thioether (sulfide) groups is 1. The number of hydrogen-bond donors (Lipinski definition) is 1. The van der Waals surface area contributed by atoms with E-state index in [2.05, 4.69) is 10.3 Å². The van der Waals surface area contributed by atoms with E-state index < -0.39 is 4.92 Å². The summed E-state index contributed by atoms with van der Waals surface area (Å²) in [7, 11) is 2.84. The molecule has 0 spiro atoms. The second-order valence-corrected chi connectivity index (χ2v) is 7.33. The zero-order valence-corrected chi connectivity index (χ0v) is 17.1. The molecule has 150 valence electrons. The van der Waals surface area contributed by atoms with Gasteiger partial charge in [0.25, 0.3) is 11.6 Å². The van der Waals surface area contributed by atoms with Gasteiger partial charge in [-0.05, 0) is 54.9 Å². The Morgan fingerprint density at radius 2 is 1.83 bits per heavy atom. The van der Waals surface area contributed by atoms with Crippen LogP contribution in [-0.2, 0) is 4.79 Å². The first-order valence-corrected chi connectivity index (χ1v) is 9.41. The number of ether oxygens (including phenoxy) is 2. The molecule has 2 aromatic carbocycles. The van der Waals surface area contributed by atoms with E-state index in [1.807, 2.05) is 32.0 Å². The molecule has 1 aliphatic heterocycles. The summed E-state index contributed by atoms with van der Waals surface area (Å²) >= 11 is 1.12. The Kier molecular flexibility index (Phi) is 5.88. The third kappa shape index (κ3) is 4.40. The minimum atomic E-state index is -0.531. The molecule has 0 radical (unpaired) electrons. The molecule has 0 saturated carbocycles. The molecule has 1 N–H and O–H groups in total. The summed E-state index contributed by atoms with van der Waals surface area (Å²) in [6.45, 7) is 3.90. The van der Waals surface area contributed by atoms with Crippen LogP contribution in [0.3, 0.4) is 0 Å². The topological polar surface area (TPSA) is 103 Å². The number of benzene rings is 2. The highest BCUT2D eigenvalue weighted by Gasteiger charge is 2.26. The maximum atomic E-state index is 12.4. The van der Waals surface area contributed by atoms with Crippen molar-refractivity contribution in [2.45, 2.75) is 13.8 Å². The number of rotatable bonds is 5. The van der Waals surface area contributed by atoms with Crippen molar-refractivity contribution in [3.05, 3.63) is 62.0 Å². The van der Waals surface area contributed by atoms with Crippen molar-refractivity contribution in [2.75, 3.05) is 14.2 Å². The maximum absolute atomic E-state index is 12.4. The highest BCUT2D eigenvalue weighted by molar-refractivity contribution is 8.18. The molecular formula is C20H19N3O5S. The molecule has 2 aromatic rings. The number of nitrogens with one attached hydrogen (secondary N) is 1. The van der Waals surface area contributed by atoms with Crippen molar-refractivity contribution in [1.82, 2.24) is 5.32 Å². The Labute approximate surface area is 171 Å². The Morgan fingerprint density at radius 3 is 2.48 bits per heavy atom. The second kappa shape index (κ2) is 8.36. The van der Waals surface area contributed by atoms with E-state index in [0.717, 1.165) is 28.6 Å². The number of nitro benzene ring substituents is 1. The van der Waals surface area contributed by atoms with Crippen LogP contribution in [0.5, 0.6) is 11.5 Å². The summed E-state index contributed by atoms with van der Waals surface area (Å²) in [4.78, 5) is 28.1. The average Bonchev–Trinajstić information content (AvgIpc) is 3.02. The van der Waals surface area contributed by atoms with Crippen molar-refractivity contribution in [3.8, 4) is 11.5 Å². The molecule has 1 amide bonds. The fourth-order valence-electron chi connectivity index (χ4n) is 2.73. The summed E-state index contributed by atoms with van der Waals surface area (Å²) in [5, 5.41) is 14.6. The third-order valence-corrected chi connectivity index (χ3v) is 5.16. The molecule has 1 saturated heterocycles. The van der Waals surface area contributed by atoms with Crippen molar-refractivity contribution in [2.24, 2.45) is 4.99 Å². The number of amides is 1. The number of carbonyl (C=O) groups excluding carboxylic acids is 1. The van der Waals surface area contributed by atoms with Gasteiger partial charge in [0.15, 0.2) is 16.7 Å². The van der Waals surface area contributed by atoms with Gasteiger partial charge in [-0.25, -0.2) is 4.99 Å². The Bertz CT molecular complexity index is 1060. The summed E-state index contributed by atoms with van der Waals surface area (Å²) < 4.78 is 10.3. The largest absolute Gasteiger partial charge is 0.493 e. The standard InChI is InChI=1S/C20H19N3O5S/c1-11-5-6-12(2)14(7-11)21-20-22-19(24)18(29-20)9-13-8-16(27-3)17(28-4)10-15(13)23(25)26/h5-10H,1-4H3,(H,21,22,24)/b18-9-. The lowest BCUT2D eigenvalue weighted by Crippen LogP contribution is -2.19. The van der Waals surface area contributed by atoms with E-state index in [0.29, 0.717) is 15.8 Å². The molecule has 3 rings (SSSR count). The van der Waals surface area contributed by atoms with Gasteiger partial charge in [0.1, 0.15) is 0 Å². The lowest BCUT2D eigenvalue weighted by atomic mass is 10.1. The first-order chi connectivity index (χ1) is 13.8. The predicted octanol–water partition coefficient (Wildman–Crippen LogP) is 4.12. The van der Waals surface area contributed by atoms with Crippen molar-refractivity contribution >= 4 is 40.3 Å². The van der Waals surface area contributed by atoms with Gasteiger partial charge >= 0.3 is 0 Å². The Hall–Kier alpha value is -3.33. The normalized spacial score (nSPS) is 16.2. The SMILES string of the molecule is COc1cc(/C=C2\SC(=Nc3cc(C)ccc3C)NC2=O)c([N+](=O)[O-])cc1OC. The first kappa shape index (κ1) is 20.4. The second-order valence-electron chi connectivity index (χ2n) is 6.29. The number of hydrogen-bond acceptors (Lipinski definition) is 7.